The molecule has 4 atom stereocenters. The number of carboxylic acid groups (broad SMARTS) is 2. The van der Waals surface area contributed by atoms with Crippen molar-refractivity contribution in [2.24, 2.45) is 11.5 Å². The van der Waals surface area contributed by atoms with E-state index in [1.54, 1.807) is 21.6 Å². The smallest absolute Gasteiger partial charge is 0.320 e. The quantitative estimate of drug-likeness (QED) is 0.421. The number of rotatable bonds is 11. The topological polar surface area (TPSA) is 127 Å². The standard InChI is InChI=1S/C12H24N2O4S2/c1-3-7(5-9(13)11(15)16)19-20-8(4-2)6-10(14)12(17)18/h7-10H,3-6,13-14H2,1-2H3,(H,15,16)(H,17,18). The maximum atomic E-state index is 10.7. The molecule has 20 heavy (non-hydrogen) atoms. The van der Waals surface area contributed by atoms with Crippen LogP contribution >= 0.6 is 21.6 Å². The molecular formula is C12H24N2O4S2. The van der Waals surface area contributed by atoms with Crippen LogP contribution in [0.25, 0.3) is 0 Å². The molecular weight excluding hydrogens is 300 g/mol. The van der Waals surface area contributed by atoms with Gasteiger partial charge in [-0.25, -0.2) is 0 Å². The van der Waals surface area contributed by atoms with Crippen LogP contribution in [0.1, 0.15) is 39.5 Å². The van der Waals surface area contributed by atoms with E-state index in [-0.39, 0.29) is 10.5 Å². The van der Waals surface area contributed by atoms with Gasteiger partial charge in [-0.3, -0.25) is 9.59 Å². The van der Waals surface area contributed by atoms with Crippen molar-refractivity contribution in [3.63, 3.8) is 0 Å². The molecule has 6 N–H and O–H groups in total. The van der Waals surface area contributed by atoms with Crippen molar-refractivity contribution >= 4 is 33.5 Å². The predicted octanol–water partition coefficient (Wildman–Crippen LogP) is 1.53. The molecule has 0 aliphatic rings. The van der Waals surface area contributed by atoms with Gasteiger partial charge in [0.2, 0.25) is 0 Å². The molecule has 4 unspecified atom stereocenters. The summed E-state index contributed by atoms with van der Waals surface area (Å²) in [4.78, 5) is 21.5. The van der Waals surface area contributed by atoms with Crippen molar-refractivity contribution in [1.82, 2.24) is 0 Å². The van der Waals surface area contributed by atoms with E-state index in [1.165, 1.54) is 0 Å². The van der Waals surface area contributed by atoms with Crippen molar-refractivity contribution in [1.29, 1.82) is 0 Å². The Hall–Kier alpha value is -0.440. The summed E-state index contributed by atoms with van der Waals surface area (Å²) in [5, 5.41) is 17.9. The Morgan fingerprint density at radius 1 is 0.900 bits per heavy atom. The van der Waals surface area contributed by atoms with Crippen molar-refractivity contribution in [3.05, 3.63) is 0 Å². The van der Waals surface area contributed by atoms with Crippen molar-refractivity contribution in [2.75, 3.05) is 0 Å². The number of carbonyl (C=O) groups is 2. The van der Waals surface area contributed by atoms with Crippen LogP contribution in [-0.2, 0) is 9.59 Å². The van der Waals surface area contributed by atoms with E-state index in [4.69, 9.17) is 21.7 Å². The Kier molecular flexibility index (Phi) is 10.1. The number of nitrogens with two attached hydrogens (primary N) is 2. The molecule has 0 amide bonds. The number of hydrogen-bond donors (Lipinski definition) is 4. The van der Waals surface area contributed by atoms with Gasteiger partial charge >= 0.3 is 11.9 Å². The van der Waals surface area contributed by atoms with Crippen LogP contribution < -0.4 is 11.5 Å². The van der Waals surface area contributed by atoms with Gasteiger partial charge in [0, 0.05) is 10.5 Å². The second-order valence-corrected chi connectivity index (χ2v) is 7.49. The van der Waals surface area contributed by atoms with Crippen LogP contribution in [0.2, 0.25) is 0 Å². The zero-order valence-corrected chi connectivity index (χ0v) is 13.5. The monoisotopic (exact) mass is 324 g/mol. The first-order valence-corrected chi connectivity index (χ1v) is 8.88. The first-order chi connectivity index (χ1) is 9.31. The van der Waals surface area contributed by atoms with Gasteiger partial charge in [0.15, 0.2) is 0 Å². The van der Waals surface area contributed by atoms with Crippen LogP contribution in [0.3, 0.4) is 0 Å². The van der Waals surface area contributed by atoms with Gasteiger partial charge in [0.1, 0.15) is 12.1 Å². The number of hydrogen-bond acceptors (Lipinski definition) is 6. The molecule has 0 heterocycles. The highest BCUT2D eigenvalue weighted by Crippen LogP contribution is 2.37. The third-order valence-electron chi connectivity index (χ3n) is 2.91. The van der Waals surface area contributed by atoms with Gasteiger partial charge in [-0.2, -0.15) is 0 Å². The second-order valence-electron chi connectivity index (χ2n) is 4.61. The van der Waals surface area contributed by atoms with E-state index >= 15 is 0 Å². The third kappa shape index (κ3) is 7.98. The molecule has 0 radical (unpaired) electrons. The Morgan fingerprint density at radius 2 is 1.20 bits per heavy atom. The fourth-order valence-corrected chi connectivity index (χ4v) is 4.86. The van der Waals surface area contributed by atoms with Crippen LogP contribution in [0.4, 0.5) is 0 Å². The highest BCUT2D eigenvalue weighted by atomic mass is 33.1. The van der Waals surface area contributed by atoms with Gasteiger partial charge in [0.25, 0.3) is 0 Å². The summed E-state index contributed by atoms with van der Waals surface area (Å²) in [6.07, 6.45) is 2.45. The molecule has 0 spiro atoms. The Morgan fingerprint density at radius 3 is 1.40 bits per heavy atom. The molecule has 0 aliphatic carbocycles. The number of aliphatic carboxylic acids is 2. The third-order valence-corrected chi connectivity index (χ3v) is 6.58. The van der Waals surface area contributed by atoms with Gasteiger partial charge in [-0.05, 0) is 25.7 Å². The van der Waals surface area contributed by atoms with Crippen molar-refractivity contribution in [2.45, 2.75) is 62.1 Å². The average Bonchev–Trinajstić information content (AvgIpc) is 2.40. The van der Waals surface area contributed by atoms with Gasteiger partial charge in [-0.1, -0.05) is 35.4 Å². The van der Waals surface area contributed by atoms with E-state index in [0.717, 1.165) is 12.8 Å². The molecule has 0 aromatic carbocycles. The SMILES string of the molecule is CCC(CC(N)C(=O)O)SSC(CC)CC(N)C(=O)O. The van der Waals surface area contributed by atoms with E-state index in [1.807, 2.05) is 13.8 Å². The Labute approximate surface area is 127 Å². The summed E-state index contributed by atoms with van der Waals surface area (Å²) in [5.74, 6) is -1.98. The minimum atomic E-state index is -0.992. The highest BCUT2D eigenvalue weighted by Gasteiger charge is 2.22. The van der Waals surface area contributed by atoms with E-state index in [9.17, 15) is 9.59 Å². The van der Waals surface area contributed by atoms with Crippen molar-refractivity contribution in [3.8, 4) is 0 Å². The summed E-state index contributed by atoms with van der Waals surface area (Å²) in [7, 11) is 3.16. The largest absolute Gasteiger partial charge is 0.480 e. The van der Waals surface area contributed by atoms with Crippen LogP contribution in [0.5, 0.6) is 0 Å². The van der Waals surface area contributed by atoms with E-state index < -0.39 is 24.0 Å². The van der Waals surface area contributed by atoms with Crippen LogP contribution in [-0.4, -0.2) is 44.7 Å². The minimum absolute atomic E-state index is 0.140. The summed E-state index contributed by atoms with van der Waals surface area (Å²) < 4.78 is 0. The molecule has 118 valence electrons. The summed E-state index contributed by atoms with van der Waals surface area (Å²) in [6.45, 7) is 3.97. The van der Waals surface area contributed by atoms with E-state index in [0.29, 0.717) is 12.8 Å². The minimum Gasteiger partial charge on any atom is -0.480 e. The van der Waals surface area contributed by atoms with Crippen molar-refractivity contribution < 1.29 is 19.8 Å². The van der Waals surface area contributed by atoms with Crippen LogP contribution in [0.15, 0.2) is 0 Å². The summed E-state index contributed by atoms with van der Waals surface area (Å²) in [6, 6.07) is -1.70. The molecule has 0 bridgehead atoms. The zero-order valence-electron chi connectivity index (χ0n) is 11.8. The molecule has 0 aromatic heterocycles. The molecule has 8 heteroatoms. The highest BCUT2D eigenvalue weighted by molar-refractivity contribution is 8.77. The first kappa shape index (κ1) is 19.6. The van der Waals surface area contributed by atoms with Crippen LogP contribution in [0, 0.1) is 0 Å². The first-order valence-electron chi connectivity index (χ1n) is 6.60. The Balaban J connectivity index is 4.24. The molecule has 0 fully saturated rings. The lowest BCUT2D eigenvalue weighted by atomic mass is 10.1. The lowest BCUT2D eigenvalue weighted by molar-refractivity contribution is -0.139. The predicted molar refractivity (Wildman–Crippen MR) is 83.8 cm³/mol. The Bertz CT molecular complexity index is 288. The van der Waals surface area contributed by atoms with Gasteiger partial charge < -0.3 is 21.7 Å². The molecule has 0 rings (SSSR count). The maximum absolute atomic E-state index is 10.7. The fourth-order valence-electron chi connectivity index (χ4n) is 1.47. The lowest BCUT2D eigenvalue weighted by Crippen LogP contribution is -2.33. The molecule has 0 saturated heterocycles. The molecule has 0 saturated carbocycles. The zero-order chi connectivity index (χ0) is 15.7. The maximum Gasteiger partial charge on any atom is 0.320 e. The molecule has 0 aromatic rings. The number of carboxylic acids is 2. The molecule has 0 aliphatic heterocycles. The second kappa shape index (κ2) is 10.3. The normalized spacial score (nSPS) is 17.2. The lowest BCUT2D eigenvalue weighted by Gasteiger charge is -2.21. The van der Waals surface area contributed by atoms with Gasteiger partial charge in [0.05, 0.1) is 0 Å². The molecule has 6 nitrogen and oxygen atoms in total. The summed E-state index contributed by atoms with van der Waals surface area (Å²) in [5.41, 5.74) is 11.1. The van der Waals surface area contributed by atoms with Gasteiger partial charge in [-0.15, -0.1) is 0 Å². The summed E-state index contributed by atoms with van der Waals surface area (Å²) >= 11 is 0. The average molecular weight is 324 g/mol. The van der Waals surface area contributed by atoms with E-state index in [2.05, 4.69) is 0 Å². The fraction of sp³-hybridized carbons (Fsp3) is 0.833.